The number of nitrogens with one attached hydrogen (secondary N) is 3. The molecule has 0 spiro atoms. The number of aliphatic imine (C=N–C) groups is 2. The van der Waals surface area contributed by atoms with Gasteiger partial charge in [-0.15, -0.1) is 0 Å². The van der Waals surface area contributed by atoms with Crippen LogP contribution in [0.15, 0.2) is 9.98 Å². The van der Waals surface area contributed by atoms with Crippen LogP contribution in [0.3, 0.4) is 0 Å². The van der Waals surface area contributed by atoms with Crippen molar-refractivity contribution in [2.24, 2.45) is 50.1 Å². The Morgan fingerprint density at radius 2 is 1.10 bits per heavy atom. The van der Waals surface area contributed by atoms with E-state index in [-0.39, 0.29) is 63.5 Å². The summed E-state index contributed by atoms with van der Waals surface area (Å²) in [5, 5.41) is 17.0. The molecule has 18 heteroatoms. The predicted octanol–water partition coefficient (Wildman–Crippen LogP) is -4.65. The Morgan fingerprint density at radius 3 is 1.59 bits per heavy atom. The molecule has 0 aliphatic rings. The fraction of sp³-hybridized carbons (Fsp3) is 0.696. The van der Waals surface area contributed by atoms with E-state index >= 15 is 0 Å². The third-order valence-electron chi connectivity index (χ3n) is 5.76. The van der Waals surface area contributed by atoms with E-state index in [0.29, 0.717) is 25.8 Å². The summed E-state index contributed by atoms with van der Waals surface area (Å²) in [5.74, 6) is -4.48. The van der Waals surface area contributed by atoms with E-state index in [1.54, 1.807) is 0 Å². The van der Waals surface area contributed by atoms with Crippen molar-refractivity contribution in [3.63, 3.8) is 0 Å². The monoisotopic (exact) mass is 586 g/mol. The third kappa shape index (κ3) is 17.9. The van der Waals surface area contributed by atoms with Crippen molar-refractivity contribution < 1.29 is 29.1 Å². The third-order valence-corrected chi connectivity index (χ3v) is 5.76. The Kier molecular flexibility index (Phi) is 18.6. The van der Waals surface area contributed by atoms with Gasteiger partial charge in [0, 0.05) is 19.5 Å². The quantitative estimate of drug-likeness (QED) is 0.0324. The number of amides is 4. The summed E-state index contributed by atoms with van der Waals surface area (Å²) in [6.07, 6.45) is 1.60. The second-order valence-electron chi connectivity index (χ2n) is 9.32. The van der Waals surface area contributed by atoms with Crippen LogP contribution in [-0.2, 0) is 24.0 Å². The number of carbonyl (C=O) groups is 5. The zero-order chi connectivity index (χ0) is 31.4. The minimum Gasteiger partial charge on any atom is -0.480 e. The van der Waals surface area contributed by atoms with E-state index in [9.17, 15) is 29.1 Å². The zero-order valence-electron chi connectivity index (χ0n) is 23.2. The Morgan fingerprint density at radius 1 is 0.634 bits per heavy atom. The van der Waals surface area contributed by atoms with Crippen LogP contribution in [0.25, 0.3) is 0 Å². The van der Waals surface area contributed by atoms with Gasteiger partial charge in [-0.25, -0.2) is 4.79 Å². The van der Waals surface area contributed by atoms with Gasteiger partial charge in [0.1, 0.15) is 18.1 Å². The molecule has 0 aromatic heterocycles. The summed E-state index contributed by atoms with van der Waals surface area (Å²) in [6, 6.07) is -4.72. The van der Waals surface area contributed by atoms with Crippen molar-refractivity contribution in [2.75, 3.05) is 19.6 Å². The molecule has 0 aliphatic heterocycles. The Balaban J connectivity index is 5.63. The maximum absolute atomic E-state index is 13.2. The number of hydrogen-bond donors (Lipinski definition) is 11. The highest BCUT2D eigenvalue weighted by molar-refractivity contribution is 5.94. The van der Waals surface area contributed by atoms with Crippen molar-refractivity contribution in [1.82, 2.24) is 16.0 Å². The summed E-state index contributed by atoms with van der Waals surface area (Å²) in [4.78, 5) is 69.6. The molecule has 4 unspecified atom stereocenters. The molecular formula is C23H46N12O6. The molecule has 4 amide bonds. The van der Waals surface area contributed by atoms with Gasteiger partial charge in [-0.3, -0.25) is 29.2 Å². The summed E-state index contributed by atoms with van der Waals surface area (Å²) >= 11 is 0. The second kappa shape index (κ2) is 20.7. The molecule has 0 saturated heterocycles. The average Bonchev–Trinajstić information content (AvgIpc) is 2.89. The van der Waals surface area contributed by atoms with Crippen LogP contribution in [0, 0.1) is 0 Å². The number of nitrogens with zero attached hydrogens (tertiary/aromatic N) is 2. The van der Waals surface area contributed by atoms with Crippen molar-refractivity contribution in [1.29, 1.82) is 0 Å². The van der Waals surface area contributed by atoms with Gasteiger partial charge in [0.05, 0.1) is 6.04 Å². The van der Waals surface area contributed by atoms with Crippen LogP contribution in [0.4, 0.5) is 0 Å². The number of hydrogen-bond acceptors (Lipinski definition) is 9. The lowest BCUT2D eigenvalue weighted by molar-refractivity contribution is -0.142. The number of carboxylic acids is 1. The minimum absolute atomic E-state index is 0.0320. The number of aliphatic carboxylic acids is 1. The molecule has 4 atom stereocenters. The lowest BCUT2D eigenvalue weighted by Crippen LogP contribution is -2.57. The topological polar surface area (TPSA) is 349 Å². The average molecular weight is 587 g/mol. The lowest BCUT2D eigenvalue weighted by Gasteiger charge is -2.25. The maximum atomic E-state index is 13.2. The molecule has 0 fully saturated rings. The van der Waals surface area contributed by atoms with E-state index < -0.39 is 53.8 Å². The van der Waals surface area contributed by atoms with Crippen LogP contribution in [0.5, 0.6) is 0 Å². The highest BCUT2D eigenvalue weighted by atomic mass is 16.4. The highest BCUT2D eigenvalue weighted by Gasteiger charge is 2.30. The first-order valence-corrected chi connectivity index (χ1v) is 13.3. The van der Waals surface area contributed by atoms with Gasteiger partial charge in [-0.1, -0.05) is 0 Å². The largest absolute Gasteiger partial charge is 0.480 e. The second-order valence-corrected chi connectivity index (χ2v) is 9.32. The molecule has 0 saturated carbocycles. The number of carbonyl (C=O) groups excluding carboxylic acids is 4. The molecule has 0 rings (SSSR count). The predicted molar refractivity (Wildman–Crippen MR) is 153 cm³/mol. The molecule has 0 radical (unpaired) electrons. The Hall–Kier alpha value is -4.19. The number of primary amides is 1. The first kappa shape index (κ1) is 36.8. The number of unbranched alkanes of at least 4 members (excludes halogenated alkanes) is 1. The van der Waals surface area contributed by atoms with Crippen molar-refractivity contribution in [2.45, 2.75) is 82.0 Å². The molecule has 0 aromatic carbocycles. The standard InChI is InChI=1S/C23H46N12O6/c24-10-2-1-6-16(21(40)41)35-19(38)14(7-4-12-32-23(29)30)34-20(39)15(8-9-17(26)36)33-18(37)13(25)5-3-11-31-22(27)28/h13-16H,1-12,24-25H2,(H2,26,36)(H,33,37)(H,34,39)(H,35,38)(H,40,41)(H4,27,28,31)(H4,29,30,32). The van der Waals surface area contributed by atoms with Crippen LogP contribution in [0.2, 0.25) is 0 Å². The van der Waals surface area contributed by atoms with Gasteiger partial charge >= 0.3 is 5.97 Å². The minimum atomic E-state index is -1.27. The molecular weight excluding hydrogens is 540 g/mol. The van der Waals surface area contributed by atoms with E-state index in [4.69, 9.17) is 40.1 Å². The van der Waals surface area contributed by atoms with Gasteiger partial charge in [0.2, 0.25) is 23.6 Å². The van der Waals surface area contributed by atoms with Crippen molar-refractivity contribution in [3.05, 3.63) is 0 Å². The van der Waals surface area contributed by atoms with Crippen LogP contribution >= 0.6 is 0 Å². The molecule has 18 nitrogen and oxygen atoms in total. The van der Waals surface area contributed by atoms with E-state index in [1.807, 2.05) is 0 Å². The fourth-order valence-corrected chi connectivity index (χ4v) is 3.55. The molecule has 18 N–H and O–H groups in total. The smallest absolute Gasteiger partial charge is 0.326 e. The van der Waals surface area contributed by atoms with E-state index in [1.165, 1.54) is 0 Å². The molecule has 0 aliphatic carbocycles. The molecule has 41 heavy (non-hydrogen) atoms. The number of carboxylic acid groups (broad SMARTS) is 1. The van der Waals surface area contributed by atoms with Gasteiger partial charge in [-0.2, -0.15) is 0 Å². The Labute approximate surface area is 238 Å². The van der Waals surface area contributed by atoms with Gasteiger partial charge in [0.15, 0.2) is 11.9 Å². The highest BCUT2D eigenvalue weighted by Crippen LogP contribution is 2.07. The normalized spacial score (nSPS) is 13.5. The zero-order valence-corrected chi connectivity index (χ0v) is 23.2. The van der Waals surface area contributed by atoms with Crippen LogP contribution in [-0.4, -0.2) is 90.4 Å². The summed E-state index contributed by atoms with van der Waals surface area (Å²) < 4.78 is 0. The van der Waals surface area contributed by atoms with Gasteiger partial charge in [0.25, 0.3) is 0 Å². The summed E-state index contributed by atoms with van der Waals surface area (Å²) in [5.41, 5.74) is 37.8. The Bertz CT molecular complexity index is 921. The molecule has 0 heterocycles. The van der Waals surface area contributed by atoms with E-state index in [0.717, 1.165) is 0 Å². The van der Waals surface area contributed by atoms with Gasteiger partial charge < -0.3 is 61.2 Å². The number of nitrogens with two attached hydrogens (primary N) is 7. The first-order valence-electron chi connectivity index (χ1n) is 13.3. The van der Waals surface area contributed by atoms with Crippen LogP contribution in [0.1, 0.15) is 57.8 Å². The first-order chi connectivity index (χ1) is 19.3. The number of guanidine groups is 2. The lowest BCUT2D eigenvalue weighted by atomic mass is 10.0. The fourth-order valence-electron chi connectivity index (χ4n) is 3.55. The summed E-state index contributed by atoms with van der Waals surface area (Å²) in [7, 11) is 0. The van der Waals surface area contributed by atoms with Crippen LogP contribution < -0.4 is 56.1 Å². The molecule has 0 bridgehead atoms. The molecule has 234 valence electrons. The van der Waals surface area contributed by atoms with Crippen molar-refractivity contribution >= 4 is 41.5 Å². The molecule has 0 aromatic rings. The van der Waals surface area contributed by atoms with Crippen molar-refractivity contribution in [3.8, 4) is 0 Å². The maximum Gasteiger partial charge on any atom is 0.326 e. The number of rotatable bonds is 22. The summed E-state index contributed by atoms with van der Waals surface area (Å²) in [6.45, 7) is 0.745. The SMILES string of the molecule is NCCCCC(NC(=O)C(CCCN=C(N)N)NC(=O)C(CCC(N)=O)NC(=O)C(N)CCCN=C(N)N)C(=O)O. The van der Waals surface area contributed by atoms with E-state index in [2.05, 4.69) is 25.9 Å². The van der Waals surface area contributed by atoms with Gasteiger partial charge in [-0.05, 0) is 57.9 Å².